The first-order valence-electron chi connectivity index (χ1n) is 7.92. The molecule has 0 unspecified atom stereocenters. The summed E-state index contributed by atoms with van der Waals surface area (Å²) in [4.78, 5) is 0. The first-order valence-corrected chi connectivity index (χ1v) is 7.92. The highest BCUT2D eigenvalue weighted by molar-refractivity contribution is 5.01. The minimum absolute atomic E-state index is 0.130. The van der Waals surface area contributed by atoms with Crippen molar-refractivity contribution in [2.75, 3.05) is 6.61 Å². The molecule has 0 radical (unpaired) electrons. The number of allylic oxidation sites excluding steroid dienone is 11. The average Bonchev–Trinajstić information content (AvgIpc) is 2.50. The van der Waals surface area contributed by atoms with Gasteiger partial charge in [-0.05, 0) is 38.5 Å². The third-order valence-corrected chi connectivity index (χ3v) is 2.70. The van der Waals surface area contributed by atoms with E-state index in [9.17, 15) is 0 Å². The van der Waals surface area contributed by atoms with Crippen molar-refractivity contribution in [1.82, 2.24) is 0 Å². The Hall–Kier alpha value is -1.60. The zero-order valence-corrected chi connectivity index (χ0v) is 13.3. The van der Waals surface area contributed by atoms with Gasteiger partial charge in [0.25, 0.3) is 0 Å². The maximum absolute atomic E-state index is 8.56. The number of hydrogen-bond donors (Lipinski definition) is 1. The van der Waals surface area contributed by atoms with Gasteiger partial charge in [0.05, 0.1) is 6.61 Å². The van der Waals surface area contributed by atoms with Gasteiger partial charge in [0.15, 0.2) is 0 Å². The van der Waals surface area contributed by atoms with Crippen LogP contribution in [-0.2, 0) is 0 Å². The van der Waals surface area contributed by atoms with Crippen molar-refractivity contribution in [3.63, 3.8) is 0 Å². The van der Waals surface area contributed by atoms with Crippen LogP contribution in [0.4, 0.5) is 0 Å². The molecule has 0 aliphatic carbocycles. The van der Waals surface area contributed by atoms with E-state index >= 15 is 0 Å². The Labute approximate surface area is 130 Å². The van der Waals surface area contributed by atoms with Gasteiger partial charge in [-0.2, -0.15) is 0 Å². The van der Waals surface area contributed by atoms with Crippen molar-refractivity contribution in [2.45, 2.75) is 45.4 Å². The lowest BCUT2D eigenvalue weighted by Crippen LogP contribution is -1.69. The summed E-state index contributed by atoms with van der Waals surface area (Å²) >= 11 is 0. The maximum Gasteiger partial charge on any atom is 0.0612 e. The molecule has 0 aromatic rings. The molecule has 1 N–H and O–H groups in total. The summed E-state index contributed by atoms with van der Waals surface area (Å²) in [5.41, 5.74) is 0. The van der Waals surface area contributed by atoms with Crippen molar-refractivity contribution in [2.24, 2.45) is 0 Å². The summed E-state index contributed by atoms with van der Waals surface area (Å²) in [5.74, 6) is 0. The van der Waals surface area contributed by atoms with Crippen LogP contribution in [0.3, 0.4) is 0 Å². The molecule has 0 bridgehead atoms. The first-order chi connectivity index (χ1) is 10.4. The molecule has 0 amide bonds. The van der Waals surface area contributed by atoms with Crippen LogP contribution in [0.5, 0.6) is 0 Å². The molecule has 0 rings (SSSR count). The monoisotopic (exact) mass is 286 g/mol. The third-order valence-electron chi connectivity index (χ3n) is 2.70. The molecule has 0 aromatic heterocycles. The molecule has 0 aliphatic rings. The second-order valence-electron chi connectivity index (χ2n) is 4.60. The fraction of sp³-hybridized carbons (Fsp3) is 0.400. The van der Waals surface area contributed by atoms with Gasteiger partial charge in [-0.25, -0.2) is 0 Å². The highest BCUT2D eigenvalue weighted by Gasteiger charge is 1.75. The predicted molar refractivity (Wildman–Crippen MR) is 95.3 cm³/mol. The van der Waals surface area contributed by atoms with Crippen LogP contribution in [0.25, 0.3) is 0 Å². The molecule has 21 heavy (non-hydrogen) atoms. The van der Waals surface area contributed by atoms with E-state index in [0.717, 1.165) is 38.5 Å². The molecule has 0 heterocycles. The van der Waals surface area contributed by atoms with Gasteiger partial charge in [-0.15, -0.1) is 0 Å². The molecule has 0 aliphatic heterocycles. The summed E-state index contributed by atoms with van der Waals surface area (Å²) in [7, 11) is 0. The van der Waals surface area contributed by atoms with Gasteiger partial charge in [-0.1, -0.05) is 79.8 Å². The summed E-state index contributed by atoms with van der Waals surface area (Å²) in [6.45, 7) is 2.28. The van der Waals surface area contributed by atoms with Crippen molar-refractivity contribution >= 4 is 0 Å². The van der Waals surface area contributed by atoms with Gasteiger partial charge >= 0.3 is 0 Å². The van der Waals surface area contributed by atoms with Crippen LogP contribution in [0.15, 0.2) is 72.9 Å². The van der Waals surface area contributed by atoms with Gasteiger partial charge in [0.1, 0.15) is 0 Å². The Balaban J connectivity index is 3.47. The van der Waals surface area contributed by atoms with Gasteiger partial charge in [0.2, 0.25) is 0 Å². The second kappa shape index (κ2) is 18.4. The molecule has 1 nitrogen and oxygen atoms in total. The van der Waals surface area contributed by atoms with Gasteiger partial charge < -0.3 is 5.11 Å². The Bertz CT molecular complexity index is 331. The summed E-state index contributed by atoms with van der Waals surface area (Å²) in [6.07, 6.45) is 31.7. The minimum atomic E-state index is 0.130. The van der Waals surface area contributed by atoms with Crippen LogP contribution in [0.1, 0.15) is 45.4 Å². The number of aliphatic hydroxyl groups excluding tert-OH is 1. The smallest absolute Gasteiger partial charge is 0.0612 e. The SMILES string of the molecule is CC/C=C\C/C=C\C/C=C\C/C=C\C/C=C\C/C=C\CO. The van der Waals surface area contributed by atoms with E-state index in [1.54, 1.807) is 6.08 Å². The third kappa shape index (κ3) is 18.4. The van der Waals surface area contributed by atoms with Crippen molar-refractivity contribution in [3.05, 3.63) is 72.9 Å². The molecule has 1 heteroatoms. The highest BCUT2D eigenvalue weighted by atomic mass is 16.2. The van der Waals surface area contributed by atoms with Gasteiger partial charge in [0, 0.05) is 0 Å². The van der Waals surface area contributed by atoms with Crippen LogP contribution in [-0.4, -0.2) is 11.7 Å². The molecule has 0 aromatic carbocycles. The number of aliphatic hydroxyl groups is 1. The van der Waals surface area contributed by atoms with Crippen molar-refractivity contribution in [3.8, 4) is 0 Å². The molecular formula is C20H30O. The lowest BCUT2D eigenvalue weighted by atomic mass is 10.2. The van der Waals surface area contributed by atoms with Crippen LogP contribution in [0, 0.1) is 0 Å². The summed E-state index contributed by atoms with van der Waals surface area (Å²) < 4.78 is 0. The fourth-order valence-electron chi connectivity index (χ4n) is 1.60. The molecule has 116 valence electrons. The van der Waals surface area contributed by atoms with Crippen LogP contribution < -0.4 is 0 Å². The maximum atomic E-state index is 8.56. The van der Waals surface area contributed by atoms with E-state index in [2.05, 4.69) is 67.7 Å². The van der Waals surface area contributed by atoms with Crippen molar-refractivity contribution in [1.29, 1.82) is 0 Å². The second-order valence-corrected chi connectivity index (χ2v) is 4.60. The molecular weight excluding hydrogens is 256 g/mol. The quantitative estimate of drug-likeness (QED) is 0.458. The lowest BCUT2D eigenvalue weighted by Gasteiger charge is -1.85. The standard InChI is InChI=1S/C20H30O/c1-2-3-4-5-6-7-8-9-10-11-12-13-14-15-16-17-18-19-20-21/h3-4,6-7,9-10,12-13,15-16,18-19,21H,2,5,8,11,14,17,20H2,1H3/b4-3-,7-6-,10-9-,13-12-,16-15-,19-18-. The van der Waals surface area contributed by atoms with Crippen LogP contribution in [0.2, 0.25) is 0 Å². The van der Waals surface area contributed by atoms with E-state index in [-0.39, 0.29) is 6.61 Å². The van der Waals surface area contributed by atoms with Crippen LogP contribution >= 0.6 is 0 Å². The van der Waals surface area contributed by atoms with E-state index in [0.29, 0.717) is 0 Å². The molecule has 0 fully saturated rings. The Morgan fingerprint density at radius 1 is 0.476 bits per heavy atom. The Morgan fingerprint density at radius 3 is 1.05 bits per heavy atom. The molecule has 0 atom stereocenters. The zero-order valence-electron chi connectivity index (χ0n) is 13.3. The topological polar surface area (TPSA) is 20.2 Å². The Morgan fingerprint density at radius 2 is 0.762 bits per heavy atom. The van der Waals surface area contributed by atoms with Gasteiger partial charge in [-0.3, -0.25) is 0 Å². The normalized spacial score (nSPS) is 13.4. The zero-order chi connectivity index (χ0) is 15.4. The Kier molecular flexibility index (Phi) is 17.0. The number of rotatable bonds is 12. The van der Waals surface area contributed by atoms with E-state index in [1.165, 1.54) is 0 Å². The van der Waals surface area contributed by atoms with E-state index in [4.69, 9.17) is 5.11 Å². The predicted octanol–water partition coefficient (Wildman–Crippen LogP) is 5.68. The first kappa shape index (κ1) is 19.4. The van der Waals surface area contributed by atoms with E-state index < -0.39 is 0 Å². The highest BCUT2D eigenvalue weighted by Crippen LogP contribution is 1.96. The average molecular weight is 286 g/mol. The lowest BCUT2D eigenvalue weighted by molar-refractivity contribution is 0.342. The summed E-state index contributed by atoms with van der Waals surface area (Å²) in [6, 6.07) is 0. The fourth-order valence-corrected chi connectivity index (χ4v) is 1.60. The summed E-state index contributed by atoms with van der Waals surface area (Å²) in [5, 5.41) is 8.56. The minimum Gasteiger partial charge on any atom is -0.392 e. The largest absolute Gasteiger partial charge is 0.392 e. The number of hydrogen-bond acceptors (Lipinski definition) is 1. The van der Waals surface area contributed by atoms with E-state index in [1.807, 2.05) is 6.08 Å². The molecule has 0 spiro atoms. The molecule has 0 saturated heterocycles. The van der Waals surface area contributed by atoms with Crippen molar-refractivity contribution < 1.29 is 5.11 Å². The molecule has 0 saturated carbocycles.